The van der Waals surface area contributed by atoms with E-state index in [0.29, 0.717) is 17.7 Å². The second-order valence-electron chi connectivity index (χ2n) is 8.56. The minimum absolute atomic E-state index is 0.255. The van der Waals surface area contributed by atoms with Crippen LogP contribution in [0.3, 0.4) is 0 Å². The normalized spacial score (nSPS) is 13.0. The van der Waals surface area contributed by atoms with Crippen LogP contribution < -0.4 is 4.74 Å². The van der Waals surface area contributed by atoms with Gasteiger partial charge in [-0.3, -0.25) is 24.5 Å². The molecule has 0 saturated heterocycles. The van der Waals surface area contributed by atoms with Crippen LogP contribution in [-0.2, 0) is 4.84 Å². The molecular formula is C30H48N2O6. The van der Waals surface area contributed by atoms with Crippen molar-refractivity contribution in [2.45, 2.75) is 81.8 Å². The molecule has 2 aromatic carbocycles. The van der Waals surface area contributed by atoms with Crippen LogP contribution in [0.25, 0.3) is 0 Å². The SMILES string of the molecule is CC.CC.CC.CC(COc1ccccc1)CC(C)(C)C(C)ON1C(=O)c2ccccc2C1=O.C[N+](=O)[O-]. The highest BCUT2D eigenvalue weighted by molar-refractivity contribution is 6.20. The van der Waals surface area contributed by atoms with Crippen LogP contribution in [0, 0.1) is 21.4 Å². The van der Waals surface area contributed by atoms with E-state index < -0.39 is 16.7 Å². The molecule has 8 nitrogen and oxygen atoms in total. The lowest BCUT2D eigenvalue weighted by Crippen LogP contribution is -2.40. The van der Waals surface area contributed by atoms with Crippen LogP contribution >= 0.6 is 0 Å². The average molecular weight is 533 g/mol. The second kappa shape index (κ2) is 19.8. The maximum absolute atomic E-state index is 12.5. The van der Waals surface area contributed by atoms with E-state index in [4.69, 9.17) is 19.7 Å². The van der Waals surface area contributed by atoms with Crippen molar-refractivity contribution in [3.05, 3.63) is 75.8 Å². The maximum Gasteiger partial charge on any atom is 0.285 e. The summed E-state index contributed by atoms with van der Waals surface area (Å²) < 4.78 is 5.84. The first kappa shape index (κ1) is 36.9. The summed E-state index contributed by atoms with van der Waals surface area (Å²) in [6, 6.07) is 16.5. The summed E-state index contributed by atoms with van der Waals surface area (Å²) in [4.78, 5) is 39.2. The number of rotatable bonds is 8. The number of hydroxylamine groups is 2. The molecule has 2 atom stereocenters. The largest absolute Gasteiger partial charge is 0.493 e. The molecule has 0 aromatic heterocycles. The lowest BCUT2D eigenvalue weighted by Gasteiger charge is -2.35. The third-order valence-electron chi connectivity index (χ3n) is 5.27. The number of nitro groups is 1. The topological polar surface area (TPSA) is 99.0 Å². The van der Waals surface area contributed by atoms with Gasteiger partial charge in [-0.2, -0.15) is 0 Å². The molecule has 3 rings (SSSR count). The summed E-state index contributed by atoms with van der Waals surface area (Å²) in [7, 11) is 0.889. The lowest BCUT2D eigenvalue weighted by molar-refractivity contribution is -0.445. The van der Waals surface area contributed by atoms with Gasteiger partial charge in [0, 0.05) is 4.92 Å². The van der Waals surface area contributed by atoms with Crippen LogP contribution in [-0.4, -0.2) is 41.6 Å². The second-order valence-corrected chi connectivity index (χ2v) is 8.56. The van der Waals surface area contributed by atoms with Crippen molar-refractivity contribution >= 4 is 11.8 Å². The van der Waals surface area contributed by atoms with Gasteiger partial charge in [-0.15, -0.1) is 5.06 Å². The van der Waals surface area contributed by atoms with Gasteiger partial charge < -0.3 is 4.74 Å². The Hall–Kier alpha value is -3.26. The number of nitrogens with zero attached hydrogens (tertiary/aromatic N) is 2. The van der Waals surface area contributed by atoms with Gasteiger partial charge in [0.25, 0.3) is 11.8 Å². The Labute approximate surface area is 229 Å². The van der Waals surface area contributed by atoms with Gasteiger partial charge in [-0.05, 0) is 48.9 Å². The Balaban J connectivity index is 0. The fourth-order valence-electron chi connectivity index (χ4n) is 3.44. The van der Waals surface area contributed by atoms with Gasteiger partial charge in [0.2, 0.25) is 0 Å². The van der Waals surface area contributed by atoms with E-state index in [1.54, 1.807) is 24.3 Å². The molecule has 0 N–H and O–H groups in total. The van der Waals surface area contributed by atoms with Crippen LogP contribution in [0.5, 0.6) is 5.75 Å². The van der Waals surface area contributed by atoms with Crippen molar-refractivity contribution in [1.82, 2.24) is 5.06 Å². The molecule has 1 heterocycles. The Bertz CT molecular complexity index is 908. The first-order chi connectivity index (χ1) is 18.0. The number of fused-ring (bicyclic) bond motifs is 1. The summed E-state index contributed by atoms with van der Waals surface area (Å²) >= 11 is 0. The number of hydrogen-bond acceptors (Lipinski definition) is 6. The minimum Gasteiger partial charge on any atom is -0.493 e. The molecule has 0 spiro atoms. The molecule has 1 aliphatic heterocycles. The molecule has 2 amide bonds. The first-order valence-corrected chi connectivity index (χ1v) is 13.4. The highest BCUT2D eigenvalue weighted by Gasteiger charge is 2.40. The third kappa shape index (κ3) is 12.3. The summed E-state index contributed by atoms with van der Waals surface area (Å²) in [5, 5.41) is 9.71. The van der Waals surface area contributed by atoms with Crippen LogP contribution in [0.15, 0.2) is 54.6 Å². The van der Waals surface area contributed by atoms with Crippen LogP contribution in [0.4, 0.5) is 0 Å². The molecule has 0 aliphatic carbocycles. The molecule has 214 valence electrons. The number of carbonyl (C=O) groups is 2. The number of para-hydroxylation sites is 1. The van der Waals surface area contributed by atoms with E-state index in [2.05, 4.69) is 20.8 Å². The summed E-state index contributed by atoms with van der Waals surface area (Å²) in [5.74, 6) is 0.332. The predicted molar refractivity (Wildman–Crippen MR) is 154 cm³/mol. The van der Waals surface area contributed by atoms with Crippen molar-refractivity contribution in [2.75, 3.05) is 13.7 Å². The highest BCUT2D eigenvalue weighted by Crippen LogP contribution is 2.34. The Morgan fingerprint density at radius 2 is 1.24 bits per heavy atom. The fraction of sp³-hybridized carbons (Fsp3) is 0.533. The first-order valence-electron chi connectivity index (χ1n) is 13.4. The van der Waals surface area contributed by atoms with Gasteiger partial charge in [0.15, 0.2) is 7.05 Å². The van der Waals surface area contributed by atoms with E-state index in [1.807, 2.05) is 78.8 Å². The number of benzene rings is 2. The molecule has 0 fully saturated rings. The Morgan fingerprint density at radius 3 is 1.66 bits per heavy atom. The zero-order chi connectivity index (χ0) is 29.9. The highest BCUT2D eigenvalue weighted by atomic mass is 16.7. The number of amides is 2. The minimum atomic E-state index is -0.500. The lowest BCUT2D eigenvalue weighted by atomic mass is 9.79. The third-order valence-corrected chi connectivity index (χ3v) is 5.27. The van der Waals surface area contributed by atoms with E-state index in [1.165, 1.54) is 0 Å². The maximum atomic E-state index is 12.5. The molecule has 0 bridgehead atoms. The van der Waals surface area contributed by atoms with Crippen molar-refractivity contribution in [2.24, 2.45) is 11.3 Å². The van der Waals surface area contributed by atoms with E-state index >= 15 is 0 Å². The smallest absolute Gasteiger partial charge is 0.285 e. The summed E-state index contributed by atoms with van der Waals surface area (Å²) in [5.41, 5.74) is 0.527. The van der Waals surface area contributed by atoms with Crippen molar-refractivity contribution in [3.63, 3.8) is 0 Å². The van der Waals surface area contributed by atoms with Gasteiger partial charge >= 0.3 is 0 Å². The Kier molecular flexibility index (Phi) is 19.2. The number of carbonyl (C=O) groups excluding carboxylic acids is 2. The molecule has 8 heteroatoms. The quantitative estimate of drug-likeness (QED) is 0.196. The van der Waals surface area contributed by atoms with Crippen molar-refractivity contribution < 1.29 is 24.1 Å². The van der Waals surface area contributed by atoms with Gasteiger partial charge in [0.05, 0.1) is 23.8 Å². The molecular weight excluding hydrogens is 484 g/mol. The standard InChI is InChI=1S/C23H27NO4.3C2H6.CH3NO2/c1-16(15-27-18-10-6-5-7-11-18)14-23(3,4)17(2)28-24-21(25)19-12-8-9-13-20(19)22(24)26;3*1-2;1-2(3)4/h5-13,16-17H,14-15H2,1-4H3;3*1-2H3;1H3. The van der Waals surface area contributed by atoms with Crippen LogP contribution in [0.2, 0.25) is 0 Å². The van der Waals surface area contributed by atoms with E-state index in [9.17, 15) is 9.59 Å². The van der Waals surface area contributed by atoms with Crippen molar-refractivity contribution in [3.8, 4) is 5.75 Å². The fourth-order valence-corrected chi connectivity index (χ4v) is 3.44. The van der Waals surface area contributed by atoms with E-state index in [-0.39, 0.29) is 17.4 Å². The average Bonchev–Trinajstić information content (AvgIpc) is 3.16. The predicted octanol–water partition coefficient (Wildman–Crippen LogP) is 7.71. The van der Waals surface area contributed by atoms with Crippen molar-refractivity contribution in [1.29, 1.82) is 0 Å². The van der Waals surface area contributed by atoms with Gasteiger partial charge in [-0.1, -0.05) is 92.6 Å². The zero-order valence-electron chi connectivity index (χ0n) is 25.1. The molecule has 0 radical (unpaired) electrons. The monoisotopic (exact) mass is 532 g/mol. The van der Waals surface area contributed by atoms with Gasteiger partial charge in [0.1, 0.15) is 5.75 Å². The molecule has 0 saturated carbocycles. The van der Waals surface area contributed by atoms with E-state index in [0.717, 1.165) is 24.3 Å². The van der Waals surface area contributed by atoms with Crippen LogP contribution in [0.1, 0.15) is 96.4 Å². The number of imide groups is 1. The summed E-state index contributed by atoms with van der Waals surface area (Å²) in [6.07, 6.45) is 0.498. The number of ether oxygens (including phenoxy) is 1. The summed E-state index contributed by atoms with van der Waals surface area (Å²) in [6.45, 7) is 20.8. The van der Waals surface area contributed by atoms with Gasteiger partial charge in [-0.25, -0.2) is 0 Å². The molecule has 2 aromatic rings. The Morgan fingerprint density at radius 1 is 0.842 bits per heavy atom. The molecule has 2 unspecified atom stereocenters. The number of hydrogen-bond donors (Lipinski definition) is 0. The zero-order valence-corrected chi connectivity index (χ0v) is 25.1. The molecule has 38 heavy (non-hydrogen) atoms. The molecule has 1 aliphatic rings.